The molecule has 164 valence electrons. The molecule has 2 unspecified atom stereocenters. The Labute approximate surface area is 180 Å². The quantitative estimate of drug-likeness (QED) is 0.121. The Morgan fingerprint density at radius 3 is 2.38 bits per heavy atom. The lowest BCUT2D eigenvalue weighted by Gasteiger charge is -2.15. The van der Waals surface area contributed by atoms with Crippen LogP contribution in [0, 0.1) is 5.92 Å². The van der Waals surface area contributed by atoms with Gasteiger partial charge in [0.25, 0.3) is 0 Å². The molecule has 29 heavy (non-hydrogen) atoms. The molecule has 0 amide bonds. The summed E-state index contributed by atoms with van der Waals surface area (Å²) < 4.78 is 0. The largest absolute Gasteiger partial charge is 0.479 e. The van der Waals surface area contributed by atoms with Crippen LogP contribution < -0.4 is 5.73 Å². The molecule has 0 saturated heterocycles. The number of ketones is 1. The zero-order chi connectivity index (χ0) is 21.9. The van der Waals surface area contributed by atoms with Crippen molar-refractivity contribution in [3.05, 3.63) is 48.6 Å². The first kappa shape index (κ1) is 27.4. The Kier molecular flexibility index (Phi) is 17.4. The van der Waals surface area contributed by atoms with E-state index in [0.29, 0.717) is 12.2 Å². The molecular weight excluding hydrogens is 386 g/mol. The summed E-state index contributed by atoms with van der Waals surface area (Å²) in [6.45, 7) is 2.16. The lowest BCUT2D eigenvalue weighted by Crippen LogP contribution is -2.36. The normalized spacial score (nSPS) is 15.6. The number of thiol groups is 1. The molecule has 3 atom stereocenters. The van der Waals surface area contributed by atoms with Crippen LogP contribution in [0.2, 0.25) is 0 Å². The standard InChI is InChI=1S/C23H37NO4S/c1-2-3-4-12-15-19(22(26)20(24)18-29)16-13-10-8-6-5-7-9-11-14-17-21(25)23(27)28/h5-6,8-11,13,16,19-21,25,29H,2-4,7,12,14-15,17-18,24H2,1H3,(H,27,28)/t19?,20-,21?/m0/s1. The number of carboxylic acids is 1. The molecule has 0 bridgehead atoms. The molecule has 0 heterocycles. The first-order chi connectivity index (χ1) is 13.9. The molecule has 0 saturated carbocycles. The van der Waals surface area contributed by atoms with Gasteiger partial charge in [0.05, 0.1) is 6.04 Å². The number of rotatable bonds is 17. The molecule has 0 aromatic carbocycles. The number of aliphatic hydroxyl groups is 1. The molecular formula is C23H37NO4S. The molecule has 0 aliphatic carbocycles. The fourth-order valence-electron chi connectivity index (χ4n) is 2.64. The van der Waals surface area contributed by atoms with Crippen LogP contribution in [-0.2, 0) is 9.59 Å². The summed E-state index contributed by atoms with van der Waals surface area (Å²) in [5.74, 6) is -0.935. The van der Waals surface area contributed by atoms with E-state index in [4.69, 9.17) is 15.9 Å². The third-order valence-corrected chi connectivity index (χ3v) is 4.83. The Balaban J connectivity index is 4.34. The number of Topliss-reactive ketones (excluding diaryl/α,β-unsaturated/α-hetero) is 1. The van der Waals surface area contributed by atoms with E-state index >= 15 is 0 Å². The third kappa shape index (κ3) is 14.9. The van der Waals surface area contributed by atoms with Gasteiger partial charge in [0.15, 0.2) is 11.9 Å². The summed E-state index contributed by atoms with van der Waals surface area (Å²) in [6.07, 6.45) is 20.8. The minimum Gasteiger partial charge on any atom is -0.479 e. The first-order valence-electron chi connectivity index (χ1n) is 10.4. The SMILES string of the molecule is CCCCCCC(C=CC=CC=CCC=CCCC(O)C(=O)O)C(=O)[C@@H](N)CS. The fraction of sp³-hybridized carbons (Fsp3) is 0.565. The molecule has 5 nitrogen and oxygen atoms in total. The van der Waals surface area contributed by atoms with E-state index in [0.717, 1.165) is 25.7 Å². The summed E-state index contributed by atoms with van der Waals surface area (Å²) in [5, 5.41) is 17.7. The first-order valence-corrected chi connectivity index (χ1v) is 11.0. The van der Waals surface area contributed by atoms with E-state index in [1.807, 2.05) is 48.6 Å². The Morgan fingerprint density at radius 2 is 1.72 bits per heavy atom. The number of aliphatic hydroxyl groups excluding tert-OH is 1. The van der Waals surface area contributed by atoms with Crippen LogP contribution in [0.1, 0.15) is 58.3 Å². The second-order valence-electron chi connectivity index (χ2n) is 6.98. The predicted molar refractivity (Wildman–Crippen MR) is 123 cm³/mol. The molecule has 0 fully saturated rings. The van der Waals surface area contributed by atoms with Gasteiger partial charge in [-0.15, -0.1) is 0 Å². The van der Waals surface area contributed by atoms with E-state index in [1.165, 1.54) is 12.8 Å². The van der Waals surface area contributed by atoms with Crippen molar-refractivity contribution in [2.75, 3.05) is 5.75 Å². The van der Waals surface area contributed by atoms with Crippen molar-refractivity contribution >= 4 is 24.4 Å². The maximum Gasteiger partial charge on any atom is 0.332 e. The van der Waals surface area contributed by atoms with Gasteiger partial charge in [-0.3, -0.25) is 4.79 Å². The van der Waals surface area contributed by atoms with Crippen LogP contribution in [0.15, 0.2) is 48.6 Å². The second kappa shape index (κ2) is 18.4. The molecule has 0 aliphatic rings. The average molecular weight is 424 g/mol. The number of hydrogen-bond donors (Lipinski definition) is 4. The van der Waals surface area contributed by atoms with Crippen molar-refractivity contribution in [2.45, 2.75) is 70.4 Å². The number of aliphatic carboxylic acids is 1. The van der Waals surface area contributed by atoms with Gasteiger partial charge in [-0.25, -0.2) is 4.79 Å². The molecule has 0 radical (unpaired) electrons. The molecule has 6 heteroatoms. The minimum atomic E-state index is -1.30. The Bertz CT molecular complexity index is 569. The van der Waals surface area contributed by atoms with Crippen LogP contribution in [0.5, 0.6) is 0 Å². The highest BCUT2D eigenvalue weighted by Gasteiger charge is 2.20. The molecule has 0 rings (SSSR count). The van der Waals surface area contributed by atoms with Crippen LogP contribution in [0.3, 0.4) is 0 Å². The van der Waals surface area contributed by atoms with Crippen LogP contribution in [0.25, 0.3) is 0 Å². The number of nitrogens with two attached hydrogens (primary N) is 1. The molecule has 0 aliphatic heterocycles. The van der Waals surface area contributed by atoms with Crippen molar-refractivity contribution in [3.8, 4) is 0 Å². The summed E-state index contributed by atoms with van der Waals surface area (Å²) in [7, 11) is 0. The van der Waals surface area contributed by atoms with Gasteiger partial charge >= 0.3 is 5.97 Å². The zero-order valence-corrected chi connectivity index (χ0v) is 18.3. The van der Waals surface area contributed by atoms with Gasteiger partial charge in [0.2, 0.25) is 0 Å². The van der Waals surface area contributed by atoms with Gasteiger partial charge < -0.3 is 15.9 Å². The monoisotopic (exact) mass is 423 g/mol. The Morgan fingerprint density at radius 1 is 1.00 bits per heavy atom. The van der Waals surface area contributed by atoms with Gasteiger partial charge in [-0.05, 0) is 25.7 Å². The van der Waals surface area contributed by atoms with E-state index in [-0.39, 0.29) is 18.1 Å². The molecule has 4 N–H and O–H groups in total. The summed E-state index contributed by atoms with van der Waals surface area (Å²) in [5.41, 5.74) is 5.86. The summed E-state index contributed by atoms with van der Waals surface area (Å²) in [6, 6.07) is -0.522. The number of carbonyl (C=O) groups is 2. The number of carboxylic acid groups (broad SMARTS) is 1. The third-order valence-electron chi connectivity index (χ3n) is 4.44. The fourth-order valence-corrected chi connectivity index (χ4v) is 2.82. The second-order valence-corrected chi connectivity index (χ2v) is 7.35. The van der Waals surface area contributed by atoms with Crippen LogP contribution in [-0.4, -0.2) is 39.9 Å². The maximum atomic E-state index is 12.4. The smallest absolute Gasteiger partial charge is 0.332 e. The lowest BCUT2D eigenvalue weighted by molar-refractivity contribution is -0.146. The number of allylic oxidation sites excluding steroid dienone is 8. The van der Waals surface area contributed by atoms with Crippen molar-refractivity contribution < 1.29 is 19.8 Å². The highest BCUT2D eigenvalue weighted by Crippen LogP contribution is 2.15. The highest BCUT2D eigenvalue weighted by molar-refractivity contribution is 7.80. The minimum absolute atomic E-state index is 0.0508. The highest BCUT2D eigenvalue weighted by atomic mass is 32.1. The molecule has 0 spiro atoms. The number of unbranched alkanes of at least 4 members (excludes halogenated alkanes) is 3. The van der Waals surface area contributed by atoms with E-state index in [2.05, 4.69) is 19.6 Å². The molecule has 0 aromatic heterocycles. The lowest BCUT2D eigenvalue weighted by atomic mass is 9.92. The maximum absolute atomic E-state index is 12.4. The van der Waals surface area contributed by atoms with Gasteiger partial charge in [-0.1, -0.05) is 81.2 Å². The molecule has 0 aromatic rings. The predicted octanol–water partition coefficient (Wildman–Crippen LogP) is 4.24. The van der Waals surface area contributed by atoms with Gasteiger partial charge in [0.1, 0.15) is 0 Å². The van der Waals surface area contributed by atoms with Crippen molar-refractivity contribution in [2.24, 2.45) is 11.7 Å². The van der Waals surface area contributed by atoms with E-state index in [1.54, 1.807) is 0 Å². The van der Waals surface area contributed by atoms with Crippen LogP contribution in [0.4, 0.5) is 0 Å². The topological polar surface area (TPSA) is 101 Å². The van der Waals surface area contributed by atoms with Crippen molar-refractivity contribution in [1.82, 2.24) is 0 Å². The number of carbonyl (C=O) groups excluding carboxylic acids is 1. The van der Waals surface area contributed by atoms with Gasteiger partial charge in [-0.2, -0.15) is 12.6 Å². The average Bonchev–Trinajstić information content (AvgIpc) is 2.71. The van der Waals surface area contributed by atoms with Crippen molar-refractivity contribution in [3.63, 3.8) is 0 Å². The zero-order valence-electron chi connectivity index (χ0n) is 17.5. The summed E-state index contributed by atoms with van der Waals surface area (Å²) in [4.78, 5) is 22.9. The summed E-state index contributed by atoms with van der Waals surface area (Å²) >= 11 is 4.13. The van der Waals surface area contributed by atoms with Crippen molar-refractivity contribution in [1.29, 1.82) is 0 Å². The van der Waals surface area contributed by atoms with Gasteiger partial charge in [0, 0.05) is 11.7 Å². The Hall–Kier alpha value is -1.63. The van der Waals surface area contributed by atoms with E-state index < -0.39 is 18.1 Å². The number of hydrogen-bond acceptors (Lipinski definition) is 5. The van der Waals surface area contributed by atoms with Crippen LogP contribution >= 0.6 is 12.6 Å². The van der Waals surface area contributed by atoms with E-state index in [9.17, 15) is 9.59 Å².